The zero-order valence-corrected chi connectivity index (χ0v) is 51.0. The fourth-order valence-corrected chi connectivity index (χ4v) is 17.3. The molecule has 9 aliphatic rings. The van der Waals surface area contributed by atoms with Gasteiger partial charge in [0.2, 0.25) is 0 Å². The Balaban J connectivity index is 1.05. The van der Waals surface area contributed by atoms with Gasteiger partial charge in [-0.15, -0.1) is 0 Å². The van der Waals surface area contributed by atoms with E-state index >= 15 is 0 Å². The highest BCUT2D eigenvalue weighted by Gasteiger charge is 2.74. The molecule has 14 N–H and O–H groups in total. The van der Waals surface area contributed by atoms with Gasteiger partial charge in [-0.2, -0.15) is 0 Å². The summed E-state index contributed by atoms with van der Waals surface area (Å²) in [6.45, 7) is 13.4. The second kappa shape index (κ2) is 25.6. The number of aliphatic hydroxyl groups excluding tert-OH is 13. The van der Waals surface area contributed by atoms with Gasteiger partial charge < -0.3 is 124 Å². The molecular formula is C60H92O28. The zero-order valence-electron chi connectivity index (χ0n) is 51.0. The molecule has 31 unspecified atom stereocenters. The van der Waals surface area contributed by atoms with E-state index in [1.54, 1.807) is 26.8 Å². The molecule has 0 aromatic rings. The van der Waals surface area contributed by atoms with Gasteiger partial charge in [0.25, 0.3) is 0 Å². The number of aldehydes is 1. The molecule has 0 aromatic carbocycles. The Kier molecular flexibility index (Phi) is 20.1. The summed E-state index contributed by atoms with van der Waals surface area (Å²) < 4.78 is 60.6. The number of aliphatic carboxylic acids is 1. The standard InChI is InChI=1S/C60H92O28/c1-10-24(2)50(78)88-47-48(80-25(3)65)60(23-64)27(17-55(47,4)5)26-11-12-32-56(6)15-14-34(57(7,22-63)31(56)13-16-58(32,8)59(26,9)18-33(60)67)83-54-46(87-52-41(74)39(72)37(70)30(20-62)82-52)43(42(75)44(85-54)49(76)77)84-53-45(35(68)28(66)21-79-53)86-51-40(73)38(71)36(69)29(19-61)81-51/h10-11,22,27-48,51-54,61-62,64,66-75H,12-21,23H2,1-9H3,(H,76,77)/b24-10-. The van der Waals surface area contributed by atoms with Crippen molar-refractivity contribution in [1.29, 1.82) is 0 Å². The van der Waals surface area contributed by atoms with Crippen LogP contribution in [0.3, 0.4) is 0 Å². The van der Waals surface area contributed by atoms with Crippen LogP contribution in [0.5, 0.6) is 0 Å². The van der Waals surface area contributed by atoms with E-state index in [1.807, 2.05) is 13.8 Å². The predicted molar refractivity (Wildman–Crippen MR) is 295 cm³/mol. The highest BCUT2D eigenvalue weighted by atomic mass is 16.8. The fourth-order valence-electron chi connectivity index (χ4n) is 17.3. The van der Waals surface area contributed by atoms with Gasteiger partial charge in [-0.1, -0.05) is 59.3 Å². The van der Waals surface area contributed by atoms with Crippen molar-refractivity contribution in [2.75, 3.05) is 26.4 Å². The van der Waals surface area contributed by atoms with Gasteiger partial charge in [0.05, 0.1) is 49.5 Å². The number of carboxylic acids is 1. The van der Waals surface area contributed by atoms with Gasteiger partial charge in [0, 0.05) is 17.9 Å². The topological polar surface area (TPSA) is 444 Å². The second-order valence-corrected chi connectivity index (χ2v) is 27.7. The van der Waals surface area contributed by atoms with Crippen LogP contribution in [-0.4, -0.2) is 263 Å². The number of rotatable bonds is 16. The Hall–Kier alpha value is -3.28. The number of allylic oxidation sites excluding steroid dienone is 3. The molecule has 28 nitrogen and oxygen atoms in total. The molecule has 8 fully saturated rings. The molecule has 0 bridgehead atoms. The molecule has 0 amide bonds. The highest BCUT2D eigenvalue weighted by Crippen LogP contribution is 2.76. The molecule has 4 saturated heterocycles. The molecule has 88 heavy (non-hydrogen) atoms. The van der Waals surface area contributed by atoms with Crippen LogP contribution in [0.25, 0.3) is 0 Å². The molecule has 500 valence electrons. The summed E-state index contributed by atoms with van der Waals surface area (Å²) in [7, 11) is 0. The van der Waals surface area contributed by atoms with Gasteiger partial charge in [0.1, 0.15) is 104 Å². The third-order valence-electron chi connectivity index (χ3n) is 22.6. The van der Waals surface area contributed by atoms with Crippen molar-refractivity contribution in [1.82, 2.24) is 0 Å². The molecule has 4 heterocycles. The number of hydrogen-bond donors (Lipinski definition) is 14. The number of esters is 2. The van der Waals surface area contributed by atoms with Crippen molar-refractivity contribution in [3.8, 4) is 0 Å². The van der Waals surface area contributed by atoms with E-state index in [9.17, 15) is 90.7 Å². The number of carbonyl (C=O) groups is 4. The molecule has 0 spiro atoms. The lowest BCUT2D eigenvalue weighted by atomic mass is 9.33. The van der Waals surface area contributed by atoms with Crippen LogP contribution in [0, 0.1) is 50.2 Å². The number of carbonyl (C=O) groups excluding carboxylic acids is 3. The smallest absolute Gasteiger partial charge is 0.335 e. The van der Waals surface area contributed by atoms with Gasteiger partial charge >= 0.3 is 17.9 Å². The lowest BCUT2D eigenvalue weighted by Gasteiger charge is -2.72. The first-order valence-electron chi connectivity index (χ1n) is 30.5. The van der Waals surface area contributed by atoms with Crippen LogP contribution in [0.2, 0.25) is 0 Å². The first-order chi connectivity index (χ1) is 41.2. The molecule has 0 aromatic heterocycles. The maximum atomic E-state index is 14.2. The van der Waals surface area contributed by atoms with Crippen molar-refractivity contribution >= 4 is 24.2 Å². The van der Waals surface area contributed by atoms with Gasteiger partial charge in [-0.05, 0) is 92.8 Å². The summed E-state index contributed by atoms with van der Waals surface area (Å²) >= 11 is 0. The molecule has 4 aliphatic heterocycles. The minimum atomic E-state index is -2.32. The monoisotopic (exact) mass is 1260 g/mol. The summed E-state index contributed by atoms with van der Waals surface area (Å²) in [5, 5.41) is 154. The second-order valence-electron chi connectivity index (χ2n) is 27.7. The molecule has 4 saturated carbocycles. The van der Waals surface area contributed by atoms with Crippen LogP contribution in [0.4, 0.5) is 0 Å². The largest absolute Gasteiger partial charge is 0.479 e. The number of aliphatic hydroxyl groups is 13. The molecule has 31 atom stereocenters. The first-order valence-corrected chi connectivity index (χ1v) is 30.5. The van der Waals surface area contributed by atoms with Crippen molar-refractivity contribution in [3.05, 3.63) is 23.3 Å². The third-order valence-corrected chi connectivity index (χ3v) is 22.6. The predicted octanol–water partition coefficient (Wildman–Crippen LogP) is -2.65. The fraction of sp³-hybridized carbons (Fsp3) is 0.867. The molecule has 0 radical (unpaired) electrons. The lowest BCUT2D eigenvalue weighted by Crippen LogP contribution is -2.72. The normalized spacial score (nSPS) is 51.1. The quantitative estimate of drug-likeness (QED) is 0.0247. The van der Waals surface area contributed by atoms with E-state index in [0.29, 0.717) is 37.7 Å². The van der Waals surface area contributed by atoms with Crippen molar-refractivity contribution < 1.29 is 138 Å². The van der Waals surface area contributed by atoms with E-state index in [4.69, 9.17) is 47.4 Å². The Morgan fingerprint density at radius 2 is 1.24 bits per heavy atom. The van der Waals surface area contributed by atoms with E-state index in [-0.39, 0.29) is 18.8 Å². The Morgan fingerprint density at radius 1 is 0.648 bits per heavy atom. The Morgan fingerprint density at radius 3 is 1.78 bits per heavy atom. The van der Waals surface area contributed by atoms with Crippen LogP contribution in [0.15, 0.2) is 23.3 Å². The van der Waals surface area contributed by atoms with Gasteiger partial charge in [-0.3, -0.25) is 4.79 Å². The number of fused-ring (bicyclic) bond motifs is 7. The van der Waals surface area contributed by atoms with E-state index in [1.165, 1.54) is 6.92 Å². The zero-order chi connectivity index (χ0) is 64.9. The summed E-state index contributed by atoms with van der Waals surface area (Å²) in [5.74, 6) is -4.31. The van der Waals surface area contributed by atoms with Crippen LogP contribution in [-0.2, 0) is 66.5 Å². The first kappa shape index (κ1) is 69.1. The average Bonchev–Trinajstić information content (AvgIpc) is 0.673. The van der Waals surface area contributed by atoms with Crippen LogP contribution >= 0.6 is 0 Å². The van der Waals surface area contributed by atoms with Gasteiger partial charge in [-0.25, -0.2) is 9.59 Å². The van der Waals surface area contributed by atoms with Crippen LogP contribution < -0.4 is 0 Å². The molecular weight excluding hydrogens is 1170 g/mol. The van der Waals surface area contributed by atoms with Crippen LogP contribution in [0.1, 0.15) is 107 Å². The Bertz CT molecular complexity index is 2600. The third kappa shape index (κ3) is 11.2. The summed E-state index contributed by atoms with van der Waals surface area (Å²) in [6, 6.07) is 0. The molecule has 28 heteroatoms. The maximum Gasteiger partial charge on any atom is 0.335 e. The minimum absolute atomic E-state index is 0.0926. The van der Waals surface area contributed by atoms with Crippen molar-refractivity contribution in [2.45, 2.75) is 248 Å². The number of hydrogen-bond acceptors (Lipinski definition) is 27. The molecule has 5 aliphatic carbocycles. The lowest BCUT2D eigenvalue weighted by molar-refractivity contribution is -0.400. The maximum absolute atomic E-state index is 14.2. The summed E-state index contributed by atoms with van der Waals surface area (Å²) in [6.07, 6.45) is -35.5. The minimum Gasteiger partial charge on any atom is -0.479 e. The van der Waals surface area contributed by atoms with E-state index in [0.717, 1.165) is 11.9 Å². The average molecular weight is 1260 g/mol. The number of ether oxygens (including phenoxy) is 10. The number of carboxylic acid groups (broad SMARTS) is 1. The van der Waals surface area contributed by atoms with E-state index < -0.39 is 230 Å². The summed E-state index contributed by atoms with van der Waals surface area (Å²) in [5.41, 5.74) is -4.52. The SMILES string of the molecule is C/C=C(/C)C(=O)OC1C(OC(C)=O)C2(CO)C(O)CC3(C)C(=CCC4C5(C)CCC(OC6OC(C(=O)O)C(O)C(OC7OCC(O)C(O)C7OC7OC(CO)C(O)C(O)C7O)C6OC6OC(CO)C(O)C(O)C6O)C(C)(C=O)C5CCC43C)C2CC1(C)C. The van der Waals surface area contributed by atoms with Crippen molar-refractivity contribution in [3.63, 3.8) is 0 Å². The Labute approximate surface area is 509 Å². The van der Waals surface area contributed by atoms with Gasteiger partial charge in [0.15, 0.2) is 31.3 Å². The van der Waals surface area contributed by atoms with E-state index in [2.05, 4.69) is 26.8 Å². The highest BCUT2D eigenvalue weighted by molar-refractivity contribution is 5.87. The molecule has 9 rings (SSSR count). The van der Waals surface area contributed by atoms with Crippen molar-refractivity contribution in [2.24, 2.45) is 50.2 Å². The summed E-state index contributed by atoms with van der Waals surface area (Å²) in [4.78, 5) is 53.9.